The smallest absolute Gasteiger partial charge is 0.0443 e. The Bertz CT molecular complexity index is 276. The number of allylic oxidation sites excluding steroid dienone is 4. The van der Waals surface area contributed by atoms with E-state index in [1.54, 1.807) is 0 Å². The SMILES string of the molecule is CC1=C[C+](C(C)(C)C)C=C1C(C)(C)C. The predicted molar refractivity (Wildman–Crippen MR) is 64.0 cm³/mol. The molecule has 0 fully saturated rings. The molecule has 0 amide bonds. The molecule has 0 spiro atoms. The van der Waals surface area contributed by atoms with Crippen molar-refractivity contribution in [2.45, 2.75) is 48.5 Å². The van der Waals surface area contributed by atoms with E-state index in [1.165, 1.54) is 17.1 Å². The van der Waals surface area contributed by atoms with Crippen LogP contribution in [0.3, 0.4) is 0 Å². The van der Waals surface area contributed by atoms with Crippen LogP contribution in [-0.4, -0.2) is 0 Å². The maximum Gasteiger partial charge on any atom is 0.101 e. The molecule has 1 aliphatic rings. The van der Waals surface area contributed by atoms with Crippen LogP contribution in [0.4, 0.5) is 0 Å². The second kappa shape index (κ2) is 3.18. The molecule has 0 heteroatoms. The van der Waals surface area contributed by atoms with Crippen molar-refractivity contribution >= 4 is 0 Å². The third-order valence-corrected chi connectivity index (χ3v) is 2.77. The van der Waals surface area contributed by atoms with Gasteiger partial charge < -0.3 is 0 Å². The normalized spacial score (nSPS) is 18.4. The zero-order valence-electron chi connectivity index (χ0n) is 10.7. The highest BCUT2D eigenvalue weighted by Crippen LogP contribution is 2.43. The summed E-state index contributed by atoms with van der Waals surface area (Å²) in [5, 5.41) is 0. The average molecular weight is 191 g/mol. The van der Waals surface area contributed by atoms with E-state index in [-0.39, 0.29) is 10.8 Å². The summed E-state index contributed by atoms with van der Waals surface area (Å²) >= 11 is 0. The first kappa shape index (κ1) is 11.4. The van der Waals surface area contributed by atoms with Crippen LogP contribution in [0.2, 0.25) is 0 Å². The summed E-state index contributed by atoms with van der Waals surface area (Å²) in [4.78, 5) is 0. The van der Waals surface area contributed by atoms with E-state index < -0.39 is 0 Å². The summed E-state index contributed by atoms with van der Waals surface area (Å²) in [5.74, 6) is 1.46. The van der Waals surface area contributed by atoms with Crippen LogP contribution in [0.25, 0.3) is 0 Å². The van der Waals surface area contributed by atoms with E-state index in [4.69, 9.17) is 0 Å². The van der Waals surface area contributed by atoms with Gasteiger partial charge in [0.1, 0.15) is 5.57 Å². The minimum absolute atomic E-state index is 0.271. The molecule has 0 radical (unpaired) electrons. The van der Waals surface area contributed by atoms with Crippen LogP contribution in [0.5, 0.6) is 0 Å². The highest BCUT2D eigenvalue weighted by atomic mass is 14.3. The van der Waals surface area contributed by atoms with E-state index in [2.05, 4.69) is 60.6 Å². The second-order valence-electron chi connectivity index (χ2n) is 6.34. The topological polar surface area (TPSA) is 0 Å². The van der Waals surface area contributed by atoms with Crippen molar-refractivity contribution < 1.29 is 0 Å². The molecule has 0 heterocycles. The standard InChI is InChI=1S/C14H23/c1-10-8-11(13(2,3)4)9-12(10)14(5,6)7/h8-9H,1-7H3/q+1. The fraction of sp³-hybridized carbons (Fsp3) is 0.643. The molecule has 0 aromatic carbocycles. The highest BCUT2D eigenvalue weighted by Gasteiger charge is 2.38. The Balaban J connectivity index is 3.00. The molecular formula is C14H23+. The van der Waals surface area contributed by atoms with Crippen molar-refractivity contribution in [3.05, 3.63) is 29.2 Å². The summed E-state index contributed by atoms with van der Waals surface area (Å²) in [6.45, 7) is 15.9. The van der Waals surface area contributed by atoms with Gasteiger partial charge >= 0.3 is 0 Å². The van der Waals surface area contributed by atoms with Crippen LogP contribution in [-0.2, 0) is 0 Å². The maximum atomic E-state index is 2.37. The largest absolute Gasteiger partial charge is 0.101 e. The molecule has 0 nitrogen and oxygen atoms in total. The molecule has 0 saturated carbocycles. The first-order valence-corrected chi connectivity index (χ1v) is 5.40. The fourth-order valence-electron chi connectivity index (χ4n) is 1.86. The minimum atomic E-state index is 0.271. The first-order chi connectivity index (χ1) is 6.12. The molecule has 0 saturated heterocycles. The monoisotopic (exact) mass is 191 g/mol. The molecule has 0 bridgehead atoms. The van der Waals surface area contributed by atoms with Crippen molar-refractivity contribution in [2.75, 3.05) is 0 Å². The average Bonchev–Trinajstić information content (AvgIpc) is 2.27. The summed E-state index contributed by atoms with van der Waals surface area (Å²) in [6, 6.07) is 0. The van der Waals surface area contributed by atoms with Crippen LogP contribution < -0.4 is 0 Å². The van der Waals surface area contributed by atoms with Gasteiger partial charge in [0.25, 0.3) is 0 Å². The fourth-order valence-corrected chi connectivity index (χ4v) is 1.86. The Kier molecular flexibility index (Phi) is 2.60. The van der Waals surface area contributed by atoms with Gasteiger partial charge in [0.05, 0.1) is 23.6 Å². The van der Waals surface area contributed by atoms with Gasteiger partial charge in [-0.2, -0.15) is 0 Å². The van der Waals surface area contributed by atoms with Gasteiger partial charge in [0.15, 0.2) is 0 Å². The van der Waals surface area contributed by atoms with Gasteiger partial charge in [0, 0.05) is 17.8 Å². The zero-order chi connectivity index (χ0) is 11.1. The van der Waals surface area contributed by atoms with Gasteiger partial charge in [-0.05, 0) is 41.5 Å². The molecule has 78 valence electrons. The lowest BCUT2D eigenvalue weighted by molar-refractivity contribution is 0.471. The van der Waals surface area contributed by atoms with Crippen molar-refractivity contribution in [1.82, 2.24) is 0 Å². The molecule has 0 aromatic rings. The van der Waals surface area contributed by atoms with E-state index in [0.717, 1.165) is 0 Å². The molecular weight excluding hydrogens is 168 g/mol. The Morgan fingerprint density at radius 3 is 1.64 bits per heavy atom. The maximum absolute atomic E-state index is 2.37. The third kappa shape index (κ3) is 2.23. The van der Waals surface area contributed by atoms with Crippen LogP contribution in [0.1, 0.15) is 48.5 Å². The Labute approximate surface area is 89.1 Å². The Morgan fingerprint density at radius 1 is 0.929 bits per heavy atom. The summed E-state index contributed by atoms with van der Waals surface area (Å²) in [5.41, 5.74) is 3.46. The van der Waals surface area contributed by atoms with E-state index >= 15 is 0 Å². The molecule has 14 heavy (non-hydrogen) atoms. The first-order valence-electron chi connectivity index (χ1n) is 5.40. The van der Waals surface area contributed by atoms with Crippen molar-refractivity contribution in [2.24, 2.45) is 10.8 Å². The van der Waals surface area contributed by atoms with E-state index in [9.17, 15) is 0 Å². The van der Waals surface area contributed by atoms with Gasteiger partial charge in [-0.25, -0.2) is 0 Å². The summed E-state index contributed by atoms with van der Waals surface area (Å²) < 4.78 is 0. The lowest BCUT2D eigenvalue weighted by atomic mass is 9.80. The van der Waals surface area contributed by atoms with Crippen LogP contribution >= 0.6 is 0 Å². The van der Waals surface area contributed by atoms with Gasteiger partial charge in [-0.1, -0.05) is 0 Å². The minimum Gasteiger partial charge on any atom is -0.0443 e. The van der Waals surface area contributed by atoms with Crippen molar-refractivity contribution in [3.63, 3.8) is 0 Å². The second-order valence-corrected chi connectivity index (χ2v) is 6.34. The van der Waals surface area contributed by atoms with Crippen LogP contribution in [0, 0.1) is 16.7 Å². The molecule has 1 aliphatic carbocycles. The Morgan fingerprint density at radius 2 is 1.43 bits per heavy atom. The number of hydrogen-bond acceptors (Lipinski definition) is 0. The molecule has 0 N–H and O–H groups in total. The molecule has 0 aromatic heterocycles. The Hall–Kier alpha value is -0.650. The molecule has 0 unspecified atom stereocenters. The number of hydrogen-bond donors (Lipinski definition) is 0. The predicted octanol–water partition coefficient (Wildman–Crippen LogP) is 4.54. The zero-order valence-corrected chi connectivity index (χ0v) is 10.7. The van der Waals surface area contributed by atoms with Crippen molar-refractivity contribution in [3.8, 4) is 0 Å². The van der Waals surface area contributed by atoms with Crippen LogP contribution in [0.15, 0.2) is 23.3 Å². The molecule has 0 aliphatic heterocycles. The van der Waals surface area contributed by atoms with Gasteiger partial charge in [-0.15, -0.1) is 0 Å². The lowest BCUT2D eigenvalue weighted by Gasteiger charge is -2.18. The molecule has 0 atom stereocenters. The summed E-state index contributed by atoms with van der Waals surface area (Å²) in [6.07, 6.45) is 4.70. The van der Waals surface area contributed by atoms with E-state index in [1.807, 2.05) is 0 Å². The number of rotatable bonds is 0. The van der Waals surface area contributed by atoms with Gasteiger partial charge in [0.2, 0.25) is 0 Å². The highest BCUT2D eigenvalue weighted by molar-refractivity contribution is 5.51. The molecule has 1 rings (SSSR count). The van der Waals surface area contributed by atoms with Gasteiger partial charge in [-0.3, -0.25) is 0 Å². The third-order valence-electron chi connectivity index (χ3n) is 2.77. The van der Waals surface area contributed by atoms with Crippen molar-refractivity contribution in [1.29, 1.82) is 0 Å². The van der Waals surface area contributed by atoms with E-state index in [0.29, 0.717) is 0 Å². The quantitative estimate of drug-likeness (QED) is 0.493. The summed E-state index contributed by atoms with van der Waals surface area (Å²) in [7, 11) is 0. The lowest BCUT2D eigenvalue weighted by Crippen LogP contribution is -2.13.